The fraction of sp³-hybridized carbons (Fsp3) is 0.167. The van der Waals surface area contributed by atoms with Crippen molar-refractivity contribution in [3.05, 3.63) is 59.4 Å². The average molecular weight is 294 g/mol. The highest BCUT2D eigenvalue weighted by Gasteiger charge is 2.29. The molecule has 2 N–H and O–H groups in total. The first-order chi connectivity index (χ1) is 10.6. The minimum absolute atomic E-state index is 0.139. The molecule has 0 fully saturated rings. The van der Waals surface area contributed by atoms with Crippen LogP contribution in [0.4, 0.5) is 11.4 Å². The third-order valence-corrected chi connectivity index (χ3v) is 3.64. The van der Waals surface area contributed by atoms with Gasteiger partial charge in [-0.2, -0.15) is 0 Å². The lowest BCUT2D eigenvalue weighted by atomic mass is 10.1. The van der Waals surface area contributed by atoms with Crippen molar-refractivity contribution >= 4 is 23.4 Å². The largest absolute Gasteiger partial charge is 0.449 e. The Bertz CT molecular complexity index is 748. The van der Waals surface area contributed by atoms with Crippen LogP contribution in [0.5, 0.6) is 5.75 Å². The molecular formula is C18H18N2O2. The molecule has 0 radical (unpaired) electrons. The zero-order valence-corrected chi connectivity index (χ0v) is 12.7. The number of aryl methyl sites for hydroxylation is 1. The Morgan fingerprint density at radius 1 is 1.18 bits per heavy atom. The number of fused-ring (bicyclic) bond motifs is 1. The highest BCUT2D eigenvalue weighted by molar-refractivity contribution is 6.10. The zero-order valence-electron chi connectivity index (χ0n) is 12.7. The summed E-state index contributed by atoms with van der Waals surface area (Å²) < 4.78 is 5.78. The first kappa shape index (κ1) is 14.2. The lowest BCUT2D eigenvalue weighted by molar-refractivity contribution is -0.117. The van der Waals surface area contributed by atoms with Crippen LogP contribution in [0.3, 0.4) is 0 Å². The fourth-order valence-corrected chi connectivity index (χ4v) is 2.46. The second-order valence-electron chi connectivity index (χ2n) is 5.30. The summed E-state index contributed by atoms with van der Waals surface area (Å²) >= 11 is 0. The molecule has 0 saturated carbocycles. The summed E-state index contributed by atoms with van der Waals surface area (Å²) in [4.78, 5) is 14.3. The number of rotatable bonds is 2. The van der Waals surface area contributed by atoms with Crippen molar-refractivity contribution in [3.8, 4) is 5.75 Å². The molecule has 0 aliphatic carbocycles. The molecule has 112 valence electrons. The second-order valence-corrected chi connectivity index (χ2v) is 5.30. The van der Waals surface area contributed by atoms with E-state index in [1.807, 2.05) is 44.2 Å². The van der Waals surface area contributed by atoms with Gasteiger partial charge in [0.1, 0.15) is 0 Å². The monoisotopic (exact) mass is 294 g/mol. The van der Waals surface area contributed by atoms with E-state index in [0.717, 1.165) is 11.3 Å². The Labute approximate surface area is 129 Å². The Kier molecular flexibility index (Phi) is 3.59. The van der Waals surface area contributed by atoms with E-state index in [9.17, 15) is 4.79 Å². The number of hydrogen-bond acceptors (Lipinski definition) is 3. The summed E-state index contributed by atoms with van der Waals surface area (Å²) in [5.41, 5.74) is 9.28. The molecule has 2 aromatic carbocycles. The van der Waals surface area contributed by atoms with Gasteiger partial charge in [-0.1, -0.05) is 29.8 Å². The van der Waals surface area contributed by atoms with Crippen LogP contribution in [-0.4, -0.2) is 12.5 Å². The van der Waals surface area contributed by atoms with Gasteiger partial charge in [-0.15, -0.1) is 0 Å². The number of nitrogens with zero attached hydrogens (tertiary/aromatic N) is 1. The molecule has 2 aromatic rings. The molecule has 1 heterocycles. The summed E-state index contributed by atoms with van der Waals surface area (Å²) in [5, 5.41) is 0. The predicted molar refractivity (Wildman–Crippen MR) is 88.7 cm³/mol. The number of carbonyl (C=O) groups excluding carboxylic acids is 1. The van der Waals surface area contributed by atoms with Crippen LogP contribution < -0.4 is 15.4 Å². The van der Waals surface area contributed by atoms with E-state index >= 15 is 0 Å². The van der Waals surface area contributed by atoms with Crippen molar-refractivity contribution in [1.82, 2.24) is 0 Å². The van der Waals surface area contributed by atoms with Crippen LogP contribution in [0, 0.1) is 6.92 Å². The maximum absolute atomic E-state index is 12.6. The van der Waals surface area contributed by atoms with E-state index in [4.69, 9.17) is 10.5 Å². The van der Waals surface area contributed by atoms with Gasteiger partial charge < -0.3 is 15.4 Å². The summed E-state index contributed by atoms with van der Waals surface area (Å²) in [5.74, 6) is 0.781. The number of hydrogen-bond donors (Lipinski definition) is 1. The molecule has 0 unspecified atom stereocenters. The van der Waals surface area contributed by atoms with Gasteiger partial charge in [-0.3, -0.25) is 4.79 Å². The topological polar surface area (TPSA) is 55.6 Å². The highest BCUT2D eigenvalue weighted by Crippen LogP contribution is 2.37. The lowest BCUT2D eigenvalue weighted by Gasteiger charge is -2.29. The van der Waals surface area contributed by atoms with E-state index in [-0.39, 0.29) is 5.91 Å². The number of nitrogens with two attached hydrogens (primary N) is 1. The number of carbonyl (C=O) groups is 1. The number of ether oxygens (including phenoxy) is 1. The number of benzene rings is 2. The van der Waals surface area contributed by atoms with E-state index in [1.54, 1.807) is 23.1 Å². The highest BCUT2D eigenvalue weighted by atomic mass is 16.5. The van der Waals surface area contributed by atoms with Crippen LogP contribution in [0.25, 0.3) is 6.08 Å². The molecule has 1 amide bonds. The van der Waals surface area contributed by atoms with E-state index in [0.29, 0.717) is 23.7 Å². The number of likely N-dealkylation sites (N-methyl/N-ethyl adjacent to an activating group) is 1. The SMILES string of the molecule is CCN1C(=O)/C(=C\c2ccc(C)cc2)Oc2cc(N)ccc21. The van der Waals surface area contributed by atoms with Crippen molar-refractivity contribution < 1.29 is 9.53 Å². The molecule has 0 bridgehead atoms. The van der Waals surface area contributed by atoms with E-state index in [1.165, 1.54) is 5.56 Å². The lowest BCUT2D eigenvalue weighted by Crippen LogP contribution is -2.37. The van der Waals surface area contributed by atoms with E-state index in [2.05, 4.69) is 0 Å². The molecule has 22 heavy (non-hydrogen) atoms. The van der Waals surface area contributed by atoms with Crippen LogP contribution in [0.15, 0.2) is 48.2 Å². The van der Waals surface area contributed by atoms with Crippen LogP contribution in [0.1, 0.15) is 18.1 Å². The van der Waals surface area contributed by atoms with Gasteiger partial charge in [0, 0.05) is 18.3 Å². The third kappa shape index (κ3) is 2.55. The van der Waals surface area contributed by atoms with Crippen molar-refractivity contribution in [1.29, 1.82) is 0 Å². The van der Waals surface area contributed by atoms with Crippen LogP contribution in [0.2, 0.25) is 0 Å². The fourth-order valence-electron chi connectivity index (χ4n) is 2.46. The minimum atomic E-state index is -0.139. The van der Waals surface area contributed by atoms with Crippen molar-refractivity contribution in [2.24, 2.45) is 0 Å². The quantitative estimate of drug-likeness (QED) is 0.682. The molecule has 0 atom stereocenters. The standard InChI is InChI=1S/C18H18N2O2/c1-3-20-15-9-8-14(19)11-16(15)22-17(18(20)21)10-13-6-4-12(2)5-7-13/h4-11H,3,19H2,1-2H3/b17-10+. The van der Waals surface area contributed by atoms with Crippen LogP contribution in [-0.2, 0) is 4.79 Å². The van der Waals surface area contributed by atoms with Gasteiger partial charge in [0.2, 0.25) is 0 Å². The number of amides is 1. The first-order valence-corrected chi connectivity index (χ1v) is 7.26. The first-order valence-electron chi connectivity index (χ1n) is 7.26. The van der Waals surface area contributed by atoms with E-state index < -0.39 is 0 Å². The second kappa shape index (κ2) is 5.56. The Morgan fingerprint density at radius 3 is 2.59 bits per heavy atom. The molecule has 4 nitrogen and oxygen atoms in total. The summed E-state index contributed by atoms with van der Waals surface area (Å²) in [6, 6.07) is 13.3. The Hall–Kier alpha value is -2.75. The maximum atomic E-state index is 12.6. The number of nitrogen functional groups attached to an aromatic ring is 1. The molecule has 3 rings (SSSR count). The molecule has 4 heteroatoms. The third-order valence-electron chi connectivity index (χ3n) is 3.64. The molecule has 0 saturated heterocycles. The number of anilines is 2. The van der Waals surface area contributed by atoms with Gasteiger partial charge in [0.15, 0.2) is 11.5 Å². The zero-order chi connectivity index (χ0) is 15.7. The van der Waals surface area contributed by atoms with Gasteiger partial charge in [0.25, 0.3) is 5.91 Å². The smallest absolute Gasteiger partial charge is 0.294 e. The molecule has 1 aliphatic rings. The average Bonchev–Trinajstić information content (AvgIpc) is 2.50. The Morgan fingerprint density at radius 2 is 1.91 bits per heavy atom. The normalized spacial score (nSPS) is 15.6. The summed E-state index contributed by atoms with van der Waals surface area (Å²) in [6.07, 6.45) is 1.76. The van der Waals surface area contributed by atoms with Crippen molar-refractivity contribution in [2.75, 3.05) is 17.2 Å². The molecule has 0 spiro atoms. The molecule has 1 aliphatic heterocycles. The van der Waals surface area contributed by atoms with Crippen LogP contribution >= 0.6 is 0 Å². The molecular weight excluding hydrogens is 276 g/mol. The summed E-state index contributed by atoms with van der Waals surface area (Å²) in [7, 11) is 0. The van der Waals surface area contributed by atoms with Gasteiger partial charge in [-0.25, -0.2) is 0 Å². The summed E-state index contributed by atoms with van der Waals surface area (Å²) in [6.45, 7) is 4.54. The minimum Gasteiger partial charge on any atom is -0.449 e. The van der Waals surface area contributed by atoms with Crippen molar-refractivity contribution in [3.63, 3.8) is 0 Å². The van der Waals surface area contributed by atoms with Gasteiger partial charge in [-0.05, 0) is 37.6 Å². The van der Waals surface area contributed by atoms with Gasteiger partial charge in [0.05, 0.1) is 5.69 Å². The van der Waals surface area contributed by atoms with Crippen molar-refractivity contribution in [2.45, 2.75) is 13.8 Å². The molecule has 0 aromatic heterocycles. The predicted octanol–water partition coefficient (Wildman–Crippen LogP) is 3.36. The Balaban J connectivity index is 2.03. The van der Waals surface area contributed by atoms with Gasteiger partial charge >= 0.3 is 0 Å². The maximum Gasteiger partial charge on any atom is 0.294 e.